The maximum absolute atomic E-state index is 14.1. The zero-order chi connectivity index (χ0) is 20.3. The Morgan fingerprint density at radius 3 is 2.75 bits per heavy atom. The molecule has 2 aromatic rings. The van der Waals surface area contributed by atoms with Crippen molar-refractivity contribution in [1.82, 2.24) is 15.1 Å². The molecule has 1 aliphatic rings. The fourth-order valence-corrected chi connectivity index (χ4v) is 3.01. The molecule has 1 fully saturated rings. The summed E-state index contributed by atoms with van der Waals surface area (Å²) < 4.78 is 57.7. The third kappa shape index (κ3) is 4.80. The van der Waals surface area contributed by atoms with Crippen LogP contribution in [-0.4, -0.2) is 45.9 Å². The van der Waals surface area contributed by atoms with Gasteiger partial charge in [-0.15, -0.1) is 0 Å². The molecule has 0 aliphatic carbocycles. The summed E-state index contributed by atoms with van der Waals surface area (Å²) in [7, 11) is 0. The number of nitrogens with zero attached hydrogens (tertiary/aromatic N) is 2. The molecule has 28 heavy (non-hydrogen) atoms. The number of ether oxygens (including phenoxy) is 1. The number of H-pyrrole nitrogens is 1. The van der Waals surface area contributed by atoms with Gasteiger partial charge in [0.2, 0.25) is 0 Å². The van der Waals surface area contributed by atoms with Gasteiger partial charge in [0.05, 0.1) is 0 Å². The topological polar surface area (TPSA) is 78.5 Å². The van der Waals surface area contributed by atoms with Crippen LogP contribution in [0.2, 0.25) is 0 Å². The van der Waals surface area contributed by atoms with Crippen molar-refractivity contribution in [2.24, 2.45) is 5.92 Å². The third-order valence-corrected chi connectivity index (χ3v) is 4.62. The first-order chi connectivity index (χ1) is 13.2. The molecule has 1 unspecified atom stereocenters. The zero-order valence-corrected chi connectivity index (χ0v) is 14.8. The Bertz CT molecular complexity index is 832. The number of carbonyl (C=O) groups is 1. The van der Waals surface area contributed by atoms with E-state index in [-0.39, 0.29) is 30.3 Å². The Morgan fingerprint density at radius 1 is 1.36 bits per heavy atom. The monoisotopic (exact) mass is 401 g/mol. The van der Waals surface area contributed by atoms with Gasteiger partial charge in [-0.2, -0.15) is 18.3 Å². The van der Waals surface area contributed by atoms with Crippen LogP contribution in [0.25, 0.3) is 0 Å². The van der Waals surface area contributed by atoms with E-state index in [1.165, 1.54) is 17.0 Å². The van der Waals surface area contributed by atoms with Crippen LogP contribution in [0.5, 0.6) is 5.75 Å². The predicted octanol–water partition coefficient (Wildman–Crippen LogP) is 3.34. The first-order valence-corrected chi connectivity index (χ1v) is 8.71. The van der Waals surface area contributed by atoms with Crippen LogP contribution in [0.3, 0.4) is 0 Å². The Balaban J connectivity index is 1.79. The fourth-order valence-electron chi connectivity index (χ4n) is 3.01. The van der Waals surface area contributed by atoms with Crippen molar-refractivity contribution in [3.8, 4) is 5.75 Å². The van der Waals surface area contributed by atoms with E-state index < -0.39 is 29.3 Å². The lowest BCUT2D eigenvalue weighted by Crippen LogP contribution is -2.33. The van der Waals surface area contributed by atoms with Crippen LogP contribution < -0.4 is 0 Å². The Morgan fingerprint density at radius 2 is 2.14 bits per heavy atom. The van der Waals surface area contributed by atoms with Gasteiger partial charge in [0.1, 0.15) is 17.3 Å². The summed E-state index contributed by atoms with van der Waals surface area (Å²) in [5, 5.41) is 14.6. The summed E-state index contributed by atoms with van der Waals surface area (Å²) in [5.74, 6) is -1.48. The first kappa shape index (κ1) is 20.1. The second-order valence-corrected chi connectivity index (χ2v) is 6.69. The predicted molar refractivity (Wildman–Crippen MR) is 89.9 cm³/mol. The molecule has 10 heteroatoms. The molecule has 2 N–H and O–H groups in total. The van der Waals surface area contributed by atoms with Gasteiger partial charge in [-0.25, -0.2) is 4.39 Å². The number of phenolic OH excluding ortho intramolecular Hbond substituents is 1. The van der Waals surface area contributed by atoms with E-state index in [1.54, 1.807) is 0 Å². The van der Waals surface area contributed by atoms with Gasteiger partial charge in [-0.05, 0) is 24.8 Å². The molecule has 1 aromatic carbocycles. The quantitative estimate of drug-likeness (QED) is 0.728. The van der Waals surface area contributed by atoms with Crippen molar-refractivity contribution in [1.29, 1.82) is 0 Å². The summed E-state index contributed by atoms with van der Waals surface area (Å²) in [4.78, 5) is 14.0. The zero-order valence-electron chi connectivity index (χ0n) is 14.8. The molecule has 152 valence electrons. The van der Waals surface area contributed by atoms with Gasteiger partial charge in [0, 0.05) is 44.0 Å². The molecule has 0 bridgehead atoms. The lowest BCUT2D eigenvalue weighted by atomic mass is 10.0. The smallest absolute Gasteiger partial charge is 0.432 e. The number of carbonyl (C=O) groups excluding carboxylic acids is 1. The minimum Gasteiger partial charge on any atom is -0.508 e. The van der Waals surface area contributed by atoms with Crippen molar-refractivity contribution in [2.75, 3.05) is 19.8 Å². The van der Waals surface area contributed by atoms with Crippen LogP contribution in [0, 0.1) is 11.7 Å². The number of hydrogen-bond donors (Lipinski definition) is 2. The van der Waals surface area contributed by atoms with E-state index in [1.807, 2.05) is 5.10 Å². The summed E-state index contributed by atoms with van der Waals surface area (Å²) in [6, 6.07) is 4.16. The molecule has 0 spiro atoms. The fraction of sp³-hybridized carbons (Fsp3) is 0.444. The molecule has 1 amide bonds. The Labute approximate surface area is 158 Å². The van der Waals surface area contributed by atoms with Crippen LogP contribution in [0.1, 0.15) is 34.6 Å². The summed E-state index contributed by atoms with van der Waals surface area (Å²) in [6.45, 7) is 1.23. The van der Waals surface area contributed by atoms with E-state index in [0.29, 0.717) is 25.7 Å². The average molecular weight is 401 g/mol. The van der Waals surface area contributed by atoms with Gasteiger partial charge in [-0.3, -0.25) is 9.89 Å². The second-order valence-electron chi connectivity index (χ2n) is 6.69. The van der Waals surface area contributed by atoms with E-state index in [9.17, 15) is 27.5 Å². The molecule has 2 heterocycles. The van der Waals surface area contributed by atoms with Crippen molar-refractivity contribution in [2.45, 2.75) is 25.6 Å². The van der Waals surface area contributed by atoms with Crippen molar-refractivity contribution in [3.63, 3.8) is 0 Å². The molecular weight excluding hydrogens is 382 g/mol. The maximum Gasteiger partial charge on any atom is 0.432 e. The van der Waals surface area contributed by atoms with Crippen molar-refractivity contribution < 1.29 is 32.2 Å². The van der Waals surface area contributed by atoms with E-state index in [4.69, 9.17) is 4.74 Å². The van der Waals surface area contributed by atoms with Crippen LogP contribution in [0.4, 0.5) is 17.6 Å². The number of aromatic nitrogens is 2. The summed E-state index contributed by atoms with van der Waals surface area (Å²) in [5.41, 5.74) is -1.38. The second kappa shape index (κ2) is 8.17. The van der Waals surface area contributed by atoms with Gasteiger partial charge >= 0.3 is 6.18 Å². The van der Waals surface area contributed by atoms with Gasteiger partial charge in [0.15, 0.2) is 5.69 Å². The number of alkyl halides is 3. The highest BCUT2D eigenvalue weighted by Crippen LogP contribution is 2.28. The van der Waals surface area contributed by atoms with Crippen molar-refractivity contribution in [3.05, 3.63) is 47.0 Å². The van der Waals surface area contributed by atoms with E-state index in [2.05, 4.69) is 5.10 Å². The molecule has 0 radical (unpaired) electrons. The largest absolute Gasteiger partial charge is 0.508 e. The minimum absolute atomic E-state index is 0.139. The number of amides is 1. The number of nitrogens with one attached hydrogen (secondary N) is 1. The molecular formula is C18H19F4N3O3. The number of hydrogen-bond acceptors (Lipinski definition) is 4. The molecule has 1 atom stereocenters. The molecule has 0 saturated carbocycles. The number of phenols is 1. The normalized spacial score (nSPS) is 17.1. The Hall–Kier alpha value is -2.62. The van der Waals surface area contributed by atoms with Gasteiger partial charge < -0.3 is 14.7 Å². The summed E-state index contributed by atoms with van der Waals surface area (Å²) >= 11 is 0. The van der Waals surface area contributed by atoms with Crippen molar-refractivity contribution >= 4 is 5.91 Å². The molecule has 1 aromatic heterocycles. The first-order valence-electron chi connectivity index (χ1n) is 8.71. The number of benzene rings is 1. The number of aromatic amines is 1. The molecule has 3 rings (SSSR count). The standard InChI is InChI=1S/C18H19F4N3O3/c19-14-7-13(26)2-1-12(14)9-25(5-3-11-4-6-28-10-11)17(27)15-8-16(24-23-15)18(20,21)22/h1-2,7-8,11,26H,3-6,9-10H2,(H,23,24). The van der Waals surface area contributed by atoms with E-state index >= 15 is 0 Å². The highest BCUT2D eigenvalue weighted by molar-refractivity contribution is 5.92. The van der Waals surface area contributed by atoms with Gasteiger partial charge in [0.25, 0.3) is 5.91 Å². The lowest BCUT2D eigenvalue weighted by Gasteiger charge is -2.23. The Kier molecular flexibility index (Phi) is 5.87. The van der Waals surface area contributed by atoms with E-state index in [0.717, 1.165) is 12.5 Å². The highest BCUT2D eigenvalue weighted by Gasteiger charge is 2.34. The SMILES string of the molecule is O=C(c1cc(C(F)(F)F)[nH]n1)N(CCC1CCOC1)Cc1ccc(O)cc1F. The third-order valence-electron chi connectivity index (χ3n) is 4.62. The number of rotatable bonds is 6. The summed E-state index contributed by atoms with van der Waals surface area (Å²) in [6.07, 6.45) is -3.25. The molecule has 1 aliphatic heterocycles. The number of halogens is 4. The average Bonchev–Trinajstić information content (AvgIpc) is 3.31. The maximum atomic E-state index is 14.1. The highest BCUT2D eigenvalue weighted by atomic mass is 19.4. The minimum atomic E-state index is -4.65. The van der Waals surface area contributed by atoms with Gasteiger partial charge in [-0.1, -0.05) is 6.07 Å². The van der Waals surface area contributed by atoms with Crippen LogP contribution in [0.15, 0.2) is 24.3 Å². The lowest BCUT2D eigenvalue weighted by molar-refractivity contribution is -0.141. The van der Waals surface area contributed by atoms with Crippen LogP contribution >= 0.6 is 0 Å². The van der Waals surface area contributed by atoms with Crippen LogP contribution in [-0.2, 0) is 17.5 Å². The number of aromatic hydroxyl groups is 1. The molecule has 1 saturated heterocycles. The molecule has 6 nitrogen and oxygen atoms in total.